The zero-order valence-corrected chi connectivity index (χ0v) is 11.9. The fraction of sp³-hybridized carbons (Fsp3) is 0.750. The van der Waals surface area contributed by atoms with E-state index in [-0.39, 0.29) is 26.3 Å². The summed E-state index contributed by atoms with van der Waals surface area (Å²) in [6.07, 6.45) is 0.711. The van der Waals surface area contributed by atoms with E-state index in [1.54, 1.807) is 6.92 Å². The number of rotatable bonds is 10. The Hall–Kier alpha value is -1.83. The van der Waals surface area contributed by atoms with Crippen molar-refractivity contribution in [3.8, 4) is 0 Å². The fourth-order valence-electron chi connectivity index (χ4n) is 1.39. The predicted octanol–water partition coefficient (Wildman–Crippen LogP) is 0.0723. The van der Waals surface area contributed by atoms with Crippen LogP contribution in [-0.4, -0.2) is 67.4 Å². The number of esters is 1. The molecule has 0 radical (unpaired) electrons. The van der Waals surface area contributed by atoms with Gasteiger partial charge in [-0.15, -0.1) is 0 Å². The number of urea groups is 1. The van der Waals surface area contributed by atoms with Crippen LogP contribution in [-0.2, 0) is 19.1 Å². The van der Waals surface area contributed by atoms with Crippen molar-refractivity contribution in [2.75, 3.05) is 39.5 Å². The Kier molecular flexibility index (Phi) is 10.0. The van der Waals surface area contributed by atoms with E-state index in [1.807, 2.05) is 6.92 Å². The number of nitrogens with one attached hydrogen (secondary N) is 1. The minimum Gasteiger partial charge on any atom is -0.480 e. The molecular weight excluding hydrogens is 268 g/mol. The number of carbonyl (C=O) groups is 3. The van der Waals surface area contributed by atoms with Gasteiger partial charge in [0.2, 0.25) is 0 Å². The number of hydrogen-bond donors (Lipinski definition) is 2. The Labute approximate surface area is 118 Å². The average molecular weight is 290 g/mol. The van der Waals surface area contributed by atoms with E-state index in [9.17, 15) is 14.4 Å². The molecule has 8 nitrogen and oxygen atoms in total. The van der Waals surface area contributed by atoms with Crippen LogP contribution < -0.4 is 5.32 Å². The summed E-state index contributed by atoms with van der Waals surface area (Å²) < 4.78 is 9.57. The standard InChI is InChI=1S/C12H22N2O6/c1-3-6-14(8-11(17)20-4-2)12(18)13-5-7-19-9-10(15)16/h3-9H2,1-2H3,(H,13,18)(H,15,16). The Bertz CT molecular complexity index is 321. The molecule has 2 amide bonds. The molecule has 20 heavy (non-hydrogen) atoms. The van der Waals surface area contributed by atoms with E-state index in [4.69, 9.17) is 14.6 Å². The molecule has 0 unspecified atom stereocenters. The van der Waals surface area contributed by atoms with Gasteiger partial charge in [0, 0.05) is 13.1 Å². The quantitative estimate of drug-likeness (QED) is 0.436. The third-order valence-electron chi connectivity index (χ3n) is 2.15. The summed E-state index contributed by atoms with van der Waals surface area (Å²) in [4.78, 5) is 34.7. The topological polar surface area (TPSA) is 105 Å². The van der Waals surface area contributed by atoms with Crippen LogP contribution in [0.5, 0.6) is 0 Å². The summed E-state index contributed by atoms with van der Waals surface area (Å²) in [7, 11) is 0. The third-order valence-corrected chi connectivity index (χ3v) is 2.15. The van der Waals surface area contributed by atoms with Crippen LogP contribution in [0.25, 0.3) is 0 Å². The summed E-state index contributed by atoms with van der Waals surface area (Å²) in [6, 6.07) is -0.404. The van der Waals surface area contributed by atoms with Crippen molar-refractivity contribution in [2.45, 2.75) is 20.3 Å². The lowest BCUT2D eigenvalue weighted by Crippen LogP contribution is -2.44. The van der Waals surface area contributed by atoms with Crippen LogP contribution in [0.2, 0.25) is 0 Å². The van der Waals surface area contributed by atoms with Crippen molar-refractivity contribution in [2.24, 2.45) is 0 Å². The molecule has 0 spiro atoms. The highest BCUT2D eigenvalue weighted by molar-refractivity contribution is 5.80. The van der Waals surface area contributed by atoms with Gasteiger partial charge in [0.25, 0.3) is 0 Å². The molecule has 0 bridgehead atoms. The van der Waals surface area contributed by atoms with E-state index in [0.717, 1.165) is 0 Å². The minimum atomic E-state index is -1.06. The predicted molar refractivity (Wildman–Crippen MR) is 70.4 cm³/mol. The van der Waals surface area contributed by atoms with Crippen molar-refractivity contribution >= 4 is 18.0 Å². The Morgan fingerprint density at radius 3 is 2.50 bits per heavy atom. The molecule has 0 aliphatic carbocycles. The first-order valence-electron chi connectivity index (χ1n) is 6.49. The molecule has 0 aromatic heterocycles. The number of amides is 2. The van der Waals surface area contributed by atoms with Crippen LogP contribution in [0.3, 0.4) is 0 Å². The first-order valence-corrected chi connectivity index (χ1v) is 6.49. The molecule has 0 aliphatic rings. The molecule has 0 rings (SSSR count). The SMILES string of the molecule is CCCN(CC(=O)OCC)C(=O)NCCOCC(=O)O. The van der Waals surface area contributed by atoms with Gasteiger partial charge in [-0.05, 0) is 13.3 Å². The Morgan fingerprint density at radius 1 is 1.25 bits per heavy atom. The van der Waals surface area contributed by atoms with Crippen molar-refractivity contribution in [3.63, 3.8) is 0 Å². The van der Waals surface area contributed by atoms with Crippen molar-refractivity contribution in [3.05, 3.63) is 0 Å². The molecule has 0 aliphatic heterocycles. The molecular formula is C12H22N2O6. The van der Waals surface area contributed by atoms with Gasteiger partial charge in [-0.3, -0.25) is 4.79 Å². The van der Waals surface area contributed by atoms with Gasteiger partial charge < -0.3 is 24.8 Å². The van der Waals surface area contributed by atoms with Gasteiger partial charge in [-0.2, -0.15) is 0 Å². The first kappa shape index (κ1) is 18.2. The summed E-state index contributed by atoms with van der Waals surface area (Å²) in [5.74, 6) is -1.52. The second-order valence-electron chi connectivity index (χ2n) is 3.90. The molecule has 0 aromatic rings. The second-order valence-corrected chi connectivity index (χ2v) is 3.90. The molecule has 0 saturated carbocycles. The molecule has 0 heterocycles. The molecule has 8 heteroatoms. The molecule has 0 aromatic carbocycles. The minimum absolute atomic E-state index is 0.0947. The first-order chi connectivity index (χ1) is 9.51. The monoisotopic (exact) mass is 290 g/mol. The highest BCUT2D eigenvalue weighted by Gasteiger charge is 2.16. The largest absolute Gasteiger partial charge is 0.480 e. The molecule has 0 atom stereocenters. The third kappa shape index (κ3) is 9.15. The van der Waals surface area contributed by atoms with Crippen molar-refractivity contribution in [1.82, 2.24) is 10.2 Å². The molecule has 116 valence electrons. The lowest BCUT2D eigenvalue weighted by atomic mass is 10.4. The number of hydrogen-bond acceptors (Lipinski definition) is 5. The van der Waals surface area contributed by atoms with Crippen LogP contribution in [0.4, 0.5) is 4.79 Å². The van der Waals surface area contributed by atoms with Gasteiger partial charge in [0.15, 0.2) is 0 Å². The number of aliphatic carboxylic acids is 1. The lowest BCUT2D eigenvalue weighted by Gasteiger charge is -2.21. The van der Waals surface area contributed by atoms with Crippen LogP contribution in [0.15, 0.2) is 0 Å². The van der Waals surface area contributed by atoms with Gasteiger partial charge >= 0.3 is 18.0 Å². The summed E-state index contributed by atoms with van der Waals surface area (Å²) in [5, 5.41) is 10.9. The number of ether oxygens (including phenoxy) is 2. The maximum Gasteiger partial charge on any atom is 0.329 e. The maximum atomic E-state index is 11.8. The Morgan fingerprint density at radius 2 is 1.95 bits per heavy atom. The molecule has 0 fully saturated rings. The lowest BCUT2D eigenvalue weighted by molar-refractivity contribution is -0.144. The highest BCUT2D eigenvalue weighted by Crippen LogP contribution is 1.94. The molecule has 0 saturated heterocycles. The van der Waals surface area contributed by atoms with E-state index in [1.165, 1.54) is 4.90 Å². The van der Waals surface area contributed by atoms with Gasteiger partial charge in [0.1, 0.15) is 13.2 Å². The van der Waals surface area contributed by atoms with E-state index >= 15 is 0 Å². The zero-order chi connectivity index (χ0) is 15.4. The summed E-state index contributed by atoms with van der Waals surface area (Å²) in [6.45, 7) is 4.04. The smallest absolute Gasteiger partial charge is 0.329 e. The van der Waals surface area contributed by atoms with Crippen LogP contribution >= 0.6 is 0 Å². The number of carboxylic acids is 1. The fourth-order valence-corrected chi connectivity index (χ4v) is 1.39. The van der Waals surface area contributed by atoms with Gasteiger partial charge in [-0.25, -0.2) is 9.59 Å². The Balaban J connectivity index is 4.02. The van der Waals surface area contributed by atoms with Crippen molar-refractivity contribution < 1.29 is 29.0 Å². The zero-order valence-electron chi connectivity index (χ0n) is 11.9. The van der Waals surface area contributed by atoms with Gasteiger partial charge in [0.05, 0.1) is 13.2 Å². The van der Waals surface area contributed by atoms with E-state index < -0.39 is 24.6 Å². The highest BCUT2D eigenvalue weighted by atomic mass is 16.5. The number of nitrogens with zero attached hydrogens (tertiary/aromatic N) is 1. The van der Waals surface area contributed by atoms with Crippen LogP contribution in [0, 0.1) is 0 Å². The molecule has 2 N–H and O–H groups in total. The normalized spacial score (nSPS) is 9.90. The second kappa shape index (κ2) is 11.0. The van der Waals surface area contributed by atoms with Crippen LogP contribution in [0.1, 0.15) is 20.3 Å². The van der Waals surface area contributed by atoms with E-state index in [0.29, 0.717) is 13.0 Å². The maximum absolute atomic E-state index is 11.8. The average Bonchev–Trinajstić information content (AvgIpc) is 2.37. The number of carbonyl (C=O) groups excluding carboxylic acids is 2. The number of carboxylic acid groups (broad SMARTS) is 1. The van der Waals surface area contributed by atoms with Crippen molar-refractivity contribution in [1.29, 1.82) is 0 Å². The summed E-state index contributed by atoms with van der Waals surface area (Å²) >= 11 is 0. The summed E-state index contributed by atoms with van der Waals surface area (Å²) in [5.41, 5.74) is 0. The van der Waals surface area contributed by atoms with Gasteiger partial charge in [-0.1, -0.05) is 6.92 Å². The van der Waals surface area contributed by atoms with E-state index in [2.05, 4.69) is 5.32 Å².